The second-order valence-corrected chi connectivity index (χ2v) is 7.34. The molecule has 0 spiro atoms. The van der Waals surface area contributed by atoms with E-state index in [4.69, 9.17) is 4.98 Å². The summed E-state index contributed by atoms with van der Waals surface area (Å²) in [5.74, 6) is 1.06. The van der Waals surface area contributed by atoms with Gasteiger partial charge in [-0.1, -0.05) is 55.8 Å². The highest BCUT2D eigenvalue weighted by atomic mass is 14.8. The molecule has 2 nitrogen and oxygen atoms in total. The summed E-state index contributed by atoms with van der Waals surface area (Å²) in [5, 5.41) is 0. The van der Waals surface area contributed by atoms with Gasteiger partial charge < -0.3 is 0 Å². The fourth-order valence-electron chi connectivity index (χ4n) is 3.79. The molecule has 0 saturated heterocycles. The molecule has 0 aliphatic heterocycles. The summed E-state index contributed by atoms with van der Waals surface area (Å²) in [5.41, 5.74) is 8.13. The molecule has 2 heterocycles. The lowest BCUT2D eigenvalue weighted by molar-refractivity contribution is 0.481. The molecule has 4 rings (SSSR count). The Morgan fingerprint density at radius 2 is 1.85 bits per heavy atom. The summed E-state index contributed by atoms with van der Waals surface area (Å²) in [4.78, 5) is 9.33. The predicted molar refractivity (Wildman–Crippen MR) is 110 cm³/mol. The first kappa shape index (κ1) is 16.7. The molecular formula is C24H24N2. The number of pyridine rings is 2. The van der Waals surface area contributed by atoms with Crippen LogP contribution in [0.4, 0.5) is 0 Å². The Balaban J connectivity index is 1.97. The Hall–Kier alpha value is -2.74. The normalized spacial score (nSPS) is 20.4. The van der Waals surface area contributed by atoms with Crippen molar-refractivity contribution >= 4 is 22.2 Å². The first-order chi connectivity index (χ1) is 12.6. The fourth-order valence-corrected chi connectivity index (χ4v) is 3.79. The topological polar surface area (TPSA) is 25.8 Å². The van der Waals surface area contributed by atoms with Gasteiger partial charge in [-0.3, -0.25) is 4.98 Å². The van der Waals surface area contributed by atoms with Gasteiger partial charge >= 0.3 is 0 Å². The maximum Gasteiger partial charge on any atom is 0.0894 e. The first-order valence-corrected chi connectivity index (χ1v) is 9.33. The zero-order chi connectivity index (χ0) is 18.1. The minimum Gasteiger partial charge on any atom is -0.255 e. The highest BCUT2D eigenvalue weighted by Gasteiger charge is 2.24. The van der Waals surface area contributed by atoms with E-state index in [-0.39, 0.29) is 0 Å². The third-order valence-electron chi connectivity index (χ3n) is 5.45. The largest absolute Gasteiger partial charge is 0.255 e. The second-order valence-electron chi connectivity index (χ2n) is 7.34. The lowest BCUT2D eigenvalue weighted by Crippen LogP contribution is -2.10. The zero-order valence-electron chi connectivity index (χ0n) is 15.6. The number of aryl methyl sites for hydroxylation is 1. The molecule has 2 atom stereocenters. The van der Waals surface area contributed by atoms with Gasteiger partial charge in [0.1, 0.15) is 0 Å². The number of rotatable bonds is 2. The molecule has 0 N–H and O–H groups in total. The minimum atomic E-state index is 0.466. The fraction of sp³-hybridized carbons (Fsp3) is 0.250. The molecule has 0 saturated carbocycles. The Bertz CT molecular complexity index is 1010. The van der Waals surface area contributed by atoms with Crippen LogP contribution in [-0.4, -0.2) is 9.97 Å². The highest BCUT2D eigenvalue weighted by molar-refractivity contribution is 5.96. The molecule has 2 heteroatoms. The van der Waals surface area contributed by atoms with Gasteiger partial charge in [-0.05, 0) is 60.6 Å². The number of hydrogen-bond acceptors (Lipinski definition) is 2. The average molecular weight is 340 g/mol. The maximum atomic E-state index is 4.93. The van der Waals surface area contributed by atoms with E-state index < -0.39 is 0 Å². The number of fused-ring (bicyclic) bond motifs is 1. The van der Waals surface area contributed by atoms with E-state index in [1.807, 2.05) is 18.3 Å². The number of aromatic nitrogens is 2. The van der Waals surface area contributed by atoms with E-state index in [1.54, 1.807) is 0 Å². The lowest BCUT2D eigenvalue weighted by atomic mass is 9.81. The third kappa shape index (κ3) is 3.08. The summed E-state index contributed by atoms with van der Waals surface area (Å²) in [7, 11) is 0. The third-order valence-corrected chi connectivity index (χ3v) is 5.45. The van der Waals surface area contributed by atoms with Crippen LogP contribution in [0.2, 0.25) is 0 Å². The van der Waals surface area contributed by atoms with E-state index in [0.29, 0.717) is 11.8 Å². The molecule has 3 aromatic rings. The molecule has 2 aromatic heterocycles. The minimum absolute atomic E-state index is 0.466. The number of nitrogens with zero attached hydrogens (tertiary/aromatic N) is 2. The van der Waals surface area contributed by atoms with Gasteiger partial charge in [0.25, 0.3) is 0 Å². The smallest absolute Gasteiger partial charge is 0.0894 e. The zero-order valence-corrected chi connectivity index (χ0v) is 15.6. The molecule has 1 aromatic carbocycles. The van der Waals surface area contributed by atoms with Crippen molar-refractivity contribution in [3.05, 3.63) is 83.7 Å². The van der Waals surface area contributed by atoms with Gasteiger partial charge in [-0.2, -0.15) is 0 Å². The van der Waals surface area contributed by atoms with Crippen LogP contribution in [0.5, 0.6) is 0 Å². The van der Waals surface area contributed by atoms with Crippen molar-refractivity contribution in [3.63, 3.8) is 0 Å². The van der Waals surface area contributed by atoms with Crippen LogP contribution in [0.1, 0.15) is 37.1 Å². The van der Waals surface area contributed by atoms with E-state index in [9.17, 15) is 0 Å². The van der Waals surface area contributed by atoms with Gasteiger partial charge in [0.2, 0.25) is 0 Å². The molecule has 0 fully saturated rings. The Morgan fingerprint density at radius 3 is 2.69 bits per heavy atom. The van der Waals surface area contributed by atoms with Crippen LogP contribution in [-0.2, 0) is 0 Å². The number of benzene rings is 1. The summed E-state index contributed by atoms with van der Waals surface area (Å²) in [6, 6.07) is 17.0. The van der Waals surface area contributed by atoms with Crippen molar-refractivity contribution in [1.29, 1.82) is 0 Å². The van der Waals surface area contributed by atoms with Gasteiger partial charge in [-0.15, -0.1) is 0 Å². The summed E-state index contributed by atoms with van der Waals surface area (Å²) >= 11 is 0. The van der Waals surface area contributed by atoms with Crippen molar-refractivity contribution in [3.8, 4) is 0 Å². The van der Waals surface area contributed by atoms with Crippen LogP contribution in [0.3, 0.4) is 0 Å². The number of allylic oxidation sites excluding steroid dienone is 4. The second kappa shape index (κ2) is 6.87. The van der Waals surface area contributed by atoms with E-state index >= 15 is 0 Å². The lowest BCUT2D eigenvalue weighted by Gasteiger charge is -2.23. The van der Waals surface area contributed by atoms with Gasteiger partial charge in [-0.25, -0.2) is 4.98 Å². The van der Waals surface area contributed by atoms with Crippen LogP contribution < -0.4 is 0 Å². The van der Waals surface area contributed by atoms with Crippen LogP contribution >= 0.6 is 0 Å². The Labute approximate surface area is 155 Å². The van der Waals surface area contributed by atoms with Crippen LogP contribution in [0, 0.1) is 18.8 Å². The molecule has 0 radical (unpaired) electrons. The molecule has 0 bridgehead atoms. The van der Waals surface area contributed by atoms with E-state index in [1.165, 1.54) is 22.3 Å². The molecule has 130 valence electrons. The summed E-state index contributed by atoms with van der Waals surface area (Å²) in [6.07, 6.45) is 7.47. The van der Waals surface area contributed by atoms with Crippen molar-refractivity contribution in [2.45, 2.75) is 27.2 Å². The first-order valence-electron chi connectivity index (χ1n) is 9.33. The van der Waals surface area contributed by atoms with Gasteiger partial charge in [0.15, 0.2) is 0 Å². The average Bonchev–Trinajstić information content (AvgIpc) is 2.80. The van der Waals surface area contributed by atoms with Crippen molar-refractivity contribution in [2.75, 3.05) is 0 Å². The standard InChI is InChI=1S/C24H24N2/c1-16-7-4-9-19(15-16)24-18(3)17(2)8-5-10-20(24)21-12-13-22-23(26-21)11-6-14-25-22/h4-7,9-15,17-18H,8H2,1-3H3. The summed E-state index contributed by atoms with van der Waals surface area (Å²) < 4.78 is 0. The Morgan fingerprint density at radius 1 is 0.962 bits per heavy atom. The monoisotopic (exact) mass is 340 g/mol. The maximum absolute atomic E-state index is 4.93. The Kier molecular flexibility index (Phi) is 4.42. The SMILES string of the molecule is Cc1cccc(C2=C(c3ccc4ncccc4n3)C=CCC(C)C2C)c1. The van der Waals surface area contributed by atoms with Crippen LogP contribution in [0.15, 0.2) is 66.9 Å². The number of hydrogen-bond donors (Lipinski definition) is 0. The molecule has 1 aliphatic rings. The van der Waals surface area contributed by atoms with Gasteiger partial charge in [0.05, 0.1) is 16.7 Å². The highest BCUT2D eigenvalue weighted by Crippen LogP contribution is 2.40. The molecule has 26 heavy (non-hydrogen) atoms. The van der Waals surface area contributed by atoms with Gasteiger partial charge in [0, 0.05) is 11.8 Å². The molecule has 0 amide bonds. The van der Waals surface area contributed by atoms with Crippen molar-refractivity contribution < 1.29 is 0 Å². The molecular weight excluding hydrogens is 316 g/mol. The molecule has 2 unspecified atom stereocenters. The van der Waals surface area contributed by atoms with E-state index in [0.717, 1.165) is 23.1 Å². The quantitative estimate of drug-likeness (QED) is 0.565. The van der Waals surface area contributed by atoms with Crippen LogP contribution in [0.25, 0.3) is 22.2 Å². The van der Waals surface area contributed by atoms with E-state index in [2.05, 4.69) is 74.3 Å². The predicted octanol–water partition coefficient (Wildman–Crippen LogP) is 6.08. The molecule has 1 aliphatic carbocycles. The summed E-state index contributed by atoms with van der Waals surface area (Å²) in [6.45, 7) is 6.84. The van der Waals surface area contributed by atoms with Crippen molar-refractivity contribution in [2.24, 2.45) is 11.8 Å². The van der Waals surface area contributed by atoms with Crippen molar-refractivity contribution in [1.82, 2.24) is 9.97 Å².